The third kappa shape index (κ3) is 8.78. The first kappa shape index (κ1) is 31.2. The number of aromatic nitrogens is 4. The van der Waals surface area contributed by atoms with E-state index in [1.165, 1.54) is 16.8 Å². The van der Waals surface area contributed by atoms with Gasteiger partial charge in [0.1, 0.15) is 40.2 Å². The van der Waals surface area contributed by atoms with Crippen molar-refractivity contribution in [3.63, 3.8) is 0 Å². The minimum atomic E-state index is -5.08. The molecule has 0 saturated carbocycles. The summed E-state index contributed by atoms with van der Waals surface area (Å²) in [5, 5.41) is 9.71. The van der Waals surface area contributed by atoms with Crippen molar-refractivity contribution in [2.24, 2.45) is 5.73 Å². The third-order valence-electron chi connectivity index (χ3n) is 4.65. The summed E-state index contributed by atoms with van der Waals surface area (Å²) < 4.78 is 65.5. The second kappa shape index (κ2) is 13.2. The van der Waals surface area contributed by atoms with Crippen LogP contribution in [0.2, 0.25) is 0 Å². The highest BCUT2D eigenvalue weighted by Crippen LogP contribution is 2.22. The summed E-state index contributed by atoms with van der Waals surface area (Å²) >= 11 is 3.17. The van der Waals surface area contributed by atoms with Crippen LogP contribution in [0.3, 0.4) is 0 Å². The maximum absolute atomic E-state index is 13.8. The van der Waals surface area contributed by atoms with Crippen molar-refractivity contribution in [1.82, 2.24) is 19.5 Å². The quantitative estimate of drug-likeness (QED) is 0.336. The predicted molar refractivity (Wildman–Crippen MR) is 129 cm³/mol. The molecule has 0 aliphatic heterocycles. The van der Waals surface area contributed by atoms with Crippen LogP contribution < -0.4 is 21.3 Å². The van der Waals surface area contributed by atoms with Crippen LogP contribution in [-0.4, -0.2) is 49.2 Å². The van der Waals surface area contributed by atoms with Crippen molar-refractivity contribution in [1.29, 1.82) is 0 Å². The lowest BCUT2D eigenvalue weighted by Crippen LogP contribution is -2.28. The van der Waals surface area contributed by atoms with Crippen molar-refractivity contribution in [2.45, 2.75) is 33.2 Å². The number of ether oxygens (including phenoxy) is 1. The van der Waals surface area contributed by atoms with Gasteiger partial charge in [0.25, 0.3) is 5.56 Å². The van der Waals surface area contributed by atoms with Gasteiger partial charge in [-0.15, -0.1) is 0 Å². The number of amides is 1. The minimum absolute atomic E-state index is 0.0175. The molecule has 4 N–H and O–H groups in total. The molecule has 0 fully saturated rings. The molecular formula is C22H20BrF5N6O5. The zero-order chi connectivity index (χ0) is 29.5. The summed E-state index contributed by atoms with van der Waals surface area (Å²) in [5.74, 6) is -3.74. The molecule has 0 saturated heterocycles. The molecule has 0 aliphatic carbocycles. The van der Waals surface area contributed by atoms with Crippen LogP contribution in [-0.2, 0) is 22.7 Å². The van der Waals surface area contributed by atoms with E-state index in [9.17, 15) is 31.5 Å². The zero-order valence-corrected chi connectivity index (χ0v) is 21.7. The van der Waals surface area contributed by atoms with E-state index in [1.54, 1.807) is 13.8 Å². The maximum Gasteiger partial charge on any atom is 0.490 e. The Kier molecular flexibility index (Phi) is 10.6. The molecule has 210 valence electrons. The summed E-state index contributed by atoms with van der Waals surface area (Å²) in [6.07, 6.45) is -3.59. The number of carboxylic acid groups (broad SMARTS) is 1. The first-order valence-corrected chi connectivity index (χ1v) is 11.4. The van der Waals surface area contributed by atoms with Crippen LogP contribution in [0.5, 0.6) is 5.88 Å². The normalized spacial score (nSPS) is 10.9. The minimum Gasteiger partial charge on any atom is -0.475 e. The van der Waals surface area contributed by atoms with E-state index in [2.05, 4.69) is 36.2 Å². The monoisotopic (exact) mass is 622 g/mol. The molecule has 0 atom stereocenters. The summed E-state index contributed by atoms with van der Waals surface area (Å²) in [5.41, 5.74) is 5.46. The Balaban J connectivity index is 0.000000673. The maximum atomic E-state index is 13.8. The molecule has 0 aliphatic rings. The van der Waals surface area contributed by atoms with Crippen LogP contribution in [0.4, 0.5) is 27.8 Å². The molecule has 3 aromatic rings. The van der Waals surface area contributed by atoms with Crippen LogP contribution in [0.1, 0.15) is 22.8 Å². The van der Waals surface area contributed by atoms with Crippen molar-refractivity contribution in [3.05, 3.63) is 73.6 Å². The Morgan fingerprint density at radius 1 is 1.18 bits per heavy atom. The number of carbonyl (C=O) groups excluding carboxylic acids is 1. The molecule has 3 rings (SSSR count). The number of nitrogens with one attached hydrogen (secondary N) is 1. The van der Waals surface area contributed by atoms with E-state index in [-0.39, 0.29) is 41.4 Å². The van der Waals surface area contributed by atoms with Crippen LogP contribution in [0.25, 0.3) is 0 Å². The van der Waals surface area contributed by atoms with Gasteiger partial charge in [0.15, 0.2) is 0 Å². The average Bonchev–Trinajstić information content (AvgIpc) is 2.85. The van der Waals surface area contributed by atoms with Crippen molar-refractivity contribution < 1.29 is 41.4 Å². The number of aliphatic carboxylic acids is 1. The lowest BCUT2D eigenvalue weighted by molar-refractivity contribution is -0.192. The number of carboxylic acids is 1. The number of halogens is 6. The lowest BCUT2D eigenvalue weighted by atomic mass is 10.2. The number of alkyl halides is 3. The molecule has 0 spiro atoms. The van der Waals surface area contributed by atoms with Crippen molar-refractivity contribution >= 4 is 33.6 Å². The molecule has 2 aromatic heterocycles. The van der Waals surface area contributed by atoms with Gasteiger partial charge in [0.05, 0.1) is 13.1 Å². The molecular weight excluding hydrogens is 603 g/mol. The third-order valence-corrected chi connectivity index (χ3v) is 5.33. The van der Waals surface area contributed by atoms with Crippen molar-refractivity contribution in [2.75, 3.05) is 11.9 Å². The Morgan fingerprint density at radius 2 is 1.82 bits per heavy atom. The smallest absolute Gasteiger partial charge is 0.475 e. The van der Waals surface area contributed by atoms with Crippen LogP contribution in [0.15, 0.2) is 33.7 Å². The molecule has 1 amide bonds. The standard InChI is InChI=1S/C20H19BrF2N6O3.C2HF3O2/c1-10-25-7-13(18(26-10)28-16(30)6-24)8-29-11(2)27-19(17(21)20(29)31)32-9-12-3-4-14(22)5-15(12)23;3-2(4,5)1(6)7/h3-5,7H,6,8-9,24H2,1-2H3,(H,25,26,28,30);(H,6,7). The number of nitrogens with two attached hydrogens (primary N) is 1. The van der Waals surface area contributed by atoms with Gasteiger partial charge in [-0.1, -0.05) is 0 Å². The number of carbonyl (C=O) groups is 2. The fourth-order valence-corrected chi connectivity index (χ4v) is 3.17. The fraction of sp³-hybridized carbons (Fsp3) is 0.273. The molecule has 17 heteroatoms. The summed E-state index contributed by atoms with van der Waals surface area (Å²) in [7, 11) is 0. The number of rotatable bonds is 7. The van der Waals surface area contributed by atoms with E-state index in [4.69, 9.17) is 20.4 Å². The highest BCUT2D eigenvalue weighted by Gasteiger charge is 2.38. The molecule has 0 radical (unpaired) electrons. The van der Waals surface area contributed by atoms with Crippen molar-refractivity contribution in [3.8, 4) is 5.88 Å². The van der Waals surface area contributed by atoms with E-state index in [0.717, 1.165) is 12.1 Å². The molecule has 11 nitrogen and oxygen atoms in total. The van der Waals surface area contributed by atoms with E-state index < -0.39 is 35.2 Å². The molecule has 39 heavy (non-hydrogen) atoms. The molecule has 0 unspecified atom stereocenters. The fourth-order valence-electron chi connectivity index (χ4n) is 2.75. The Labute approximate surface area is 225 Å². The highest BCUT2D eigenvalue weighted by molar-refractivity contribution is 9.10. The first-order chi connectivity index (χ1) is 18.1. The summed E-state index contributed by atoms with van der Waals surface area (Å²) in [4.78, 5) is 46.1. The number of benzene rings is 1. The van der Waals surface area contributed by atoms with Gasteiger partial charge < -0.3 is 20.9 Å². The predicted octanol–water partition coefficient (Wildman–Crippen LogP) is 2.85. The Bertz CT molecular complexity index is 1430. The molecule has 2 heterocycles. The number of nitrogens with zero attached hydrogens (tertiary/aromatic N) is 4. The van der Waals surface area contributed by atoms with Crippen LogP contribution >= 0.6 is 15.9 Å². The highest BCUT2D eigenvalue weighted by atomic mass is 79.9. The van der Waals surface area contributed by atoms with Gasteiger partial charge in [-0.25, -0.2) is 23.5 Å². The zero-order valence-electron chi connectivity index (χ0n) is 20.1. The van der Waals surface area contributed by atoms with Gasteiger partial charge >= 0.3 is 12.1 Å². The Hall–Kier alpha value is -3.99. The first-order valence-electron chi connectivity index (χ1n) is 10.6. The van der Waals surface area contributed by atoms with E-state index >= 15 is 0 Å². The summed E-state index contributed by atoms with van der Waals surface area (Å²) in [6, 6.07) is 3.11. The summed E-state index contributed by atoms with van der Waals surface area (Å²) in [6.45, 7) is 2.79. The van der Waals surface area contributed by atoms with E-state index in [0.29, 0.717) is 17.2 Å². The van der Waals surface area contributed by atoms with Gasteiger partial charge in [-0.2, -0.15) is 18.2 Å². The number of hydrogen-bond acceptors (Lipinski definition) is 8. The van der Waals surface area contributed by atoms with Gasteiger partial charge in [-0.05, 0) is 41.9 Å². The molecule has 1 aromatic carbocycles. The van der Waals surface area contributed by atoms with Gasteiger partial charge in [0.2, 0.25) is 11.8 Å². The number of anilines is 1. The number of aryl methyl sites for hydroxylation is 2. The van der Waals surface area contributed by atoms with Gasteiger partial charge in [0, 0.05) is 23.4 Å². The second-order valence-corrected chi connectivity index (χ2v) is 8.33. The average molecular weight is 623 g/mol. The SMILES string of the molecule is Cc1ncc(Cn2c(C)nc(OCc3ccc(F)cc3F)c(Br)c2=O)c(NC(=O)CN)n1.O=C(O)C(F)(F)F. The number of hydrogen-bond donors (Lipinski definition) is 3. The Morgan fingerprint density at radius 3 is 2.38 bits per heavy atom. The van der Waals surface area contributed by atoms with Crippen LogP contribution in [0, 0.1) is 25.5 Å². The molecule has 0 bridgehead atoms. The topological polar surface area (TPSA) is 162 Å². The van der Waals surface area contributed by atoms with Gasteiger partial charge in [-0.3, -0.25) is 14.2 Å². The lowest BCUT2D eigenvalue weighted by Gasteiger charge is -2.15. The largest absolute Gasteiger partial charge is 0.490 e. The second-order valence-electron chi connectivity index (χ2n) is 7.54. The van der Waals surface area contributed by atoms with E-state index in [1.807, 2.05) is 0 Å².